The number of piperazine rings is 1. The highest BCUT2D eigenvalue weighted by molar-refractivity contribution is 6.40. The van der Waals surface area contributed by atoms with Crippen molar-refractivity contribution in [3.8, 4) is 5.88 Å². The molecule has 34 heavy (non-hydrogen) atoms. The summed E-state index contributed by atoms with van der Waals surface area (Å²) in [5.41, 5.74) is 5.12. The first-order valence-corrected chi connectivity index (χ1v) is 11.8. The standard InChI is InChI=1S/C24H24Cl2N6O2/c1-14-15(2)20(31-10-8-27-9-11-31)7-6-19(14)29-24-28-12-16-22(30-24)34-13-32(23(16)33)21-17(25)4-3-5-18(21)26/h3-7,12,27H,8-11,13H2,1-2H3,(H,28,29,30). The summed E-state index contributed by atoms with van der Waals surface area (Å²) in [6.45, 7) is 8.10. The van der Waals surface area contributed by atoms with Gasteiger partial charge in [0.25, 0.3) is 5.91 Å². The van der Waals surface area contributed by atoms with Crippen molar-refractivity contribution in [2.75, 3.05) is 48.0 Å². The quantitative estimate of drug-likeness (QED) is 0.545. The Morgan fingerprint density at radius 3 is 2.53 bits per heavy atom. The molecule has 1 fully saturated rings. The van der Waals surface area contributed by atoms with Crippen molar-refractivity contribution in [2.24, 2.45) is 0 Å². The number of hydrogen-bond acceptors (Lipinski definition) is 7. The number of anilines is 4. The van der Waals surface area contributed by atoms with Crippen LogP contribution in [-0.4, -0.2) is 48.8 Å². The molecule has 0 aliphatic carbocycles. The molecule has 2 aliphatic rings. The third-order valence-corrected chi connectivity index (χ3v) is 6.84. The number of benzene rings is 2. The van der Waals surface area contributed by atoms with Crippen LogP contribution in [0.3, 0.4) is 0 Å². The van der Waals surface area contributed by atoms with E-state index in [0.717, 1.165) is 37.4 Å². The predicted octanol–water partition coefficient (Wildman–Crippen LogP) is 4.55. The Balaban J connectivity index is 1.38. The number of nitrogens with zero attached hydrogens (tertiary/aromatic N) is 4. The van der Waals surface area contributed by atoms with Gasteiger partial charge in [0.2, 0.25) is 11.8 Å². The lowest BCUT2D eigenvalue weighted by Crippen LogP contribution is -2.43. The topological polar surface area (TPSA) is 82.6 Å². The van der Waals surface area contributed by atoms with Crippen LogP contribution in [0.15, 0.2) is 36.5 Å². The zero-order valence-corrected chi connectivity index (χ0v) is 20.4. The first-order chi connectivity index (χ1) is 16.4. The lowest BCUT2D eigenvalue weighted by atomic mass is 10.0. The van der Waals surface area contributed by atoms with Crippen molar-refractivity contribution in [1.29, 1.82) is 0 Å². The normalized spacial score (nSPS) is 15.7. The highest BCUT2D eigenvalue weighted by Gasteiger charge is 2.31. The molecule has 2 aromatic carbocycles. The molecule has 2 N–H and O–H groups in total. The SMILES string of the molecule is Cc1c(Nc2ncc3c(n2)OCN(c2c(Cl)cccc2Cl)C3=O)ccc(N2CCNCC2)c1C. The van der Waals surface area contributed by atoms with E-state index < -0.39 is 0 Å². The Hall–Kier alpha value is -3.07. The maximum absolute atomic E-state index is 13.1. The van der Waals surface area contributed by atoms with E-state index in [4.69, 9.17) is 27.9 Å². The number of halogens is 2. The van der Waals surface area contributed by atoms with E-state index in [-0.39, 0.29) is 24.1 Å². The summed E-state index contributed by atoms with van der Waals surface area (Å²) in [5.74, 6) is 0.247. The molecule has 3 aromatic rings. The molecule has 8 nitrogen and oxygen atoms in total. The van der Waals surface area contributed by atoms with E-state index in [9.17, 15) is 4.79 Å². The molecule has 0 spiro atoms. The molecule has 0 unspecified atom stereocenters. The highest BCUT2D eigenvalue weighted by atomic mass is 35.5. The molecule has 1 aromatic heterocycles. The maximum Gasteiger partial charge on any atom is 0.268 e. The number of carbonyl (C=O) groups excluding carboxylic acids is 1. The first kappa shape index (κ1) is 22.7. The van der Waals surface area contributed by atoms with E-state index in [0.29, 0.717) is 21.7 Å². The predicted molar refractivity (Wildman–Crippen MR) is 135 cm³/mol. The number of aromatic nitrogens is 2. The van der Waals surface area contributed by atoms with Crippen LogP contribution in [0.25, 0.3) is 0 Å². The van der Waals surface area contributed by atoms with E-state index >= 15 is 0 Å². The van der Waals surface area contributed by atoms with Gasteiger partial charge >= 0.3 is 0 Å². The van der Waals surface area contributed by atoms with Crippen LogP contribution in [0.2, 0.25) is 10.0 Å². The summed E-state index contributed by atoms with van der Waals surface area (Å²) >= 11 is 12.6. The fourth-order valence-corrected chi connectivity index (χ4v) is 4.84. The van der Waals surface area contributed by atoms with Gasteiger partial charge in [0.05, 0.1) is 15.7 Å². The molecule has 3 heterocycles. The molecule has 0 atom stereocenters. The average Bonchev–Trinajstić information content (AvgIpc) is 2.84. The zero-order valence-electron chi connectivity index (χ0n) is 18.9. The molecule has 0 bridgehead atoms. The first-order valence-electron chi connectivity index (χ1n) is 11.0. The lowest BCUT2D eigenvalue weighted by Gasteiger charge is -2.31. The fraction of sp³-hybridized carbons (Fsp3) is 0.292. The van der Waals surface area contributed by atoms with Crippen molar-refractivity contribution in [1.82, 2.24) is 15.3 Å². The second-order valence-corrected chi connectivity index (χ2v) is 9.05. The highest BCUT2D eigenvalue weighted by Crippen LogP contribution is 2.37. The minimum atomic E-state index is -0.324. The van der Waals surface area contributed by atoms with Crippen molar-refractivity contribution < 1.29 is 9.53 Å². The number of amides is 1. The lowest BCUT2D eigenvalue weighted by molar-refractivity contribution is 0.0932. The van der Waals surface area contributed by atoms with Crippen molar-refractivity contribution in [2.45, 2.75) is 13.8 Å². The van der Waals surface area contributed by atoms with Crippen molar-refractivity contribution >= 4 is 52.1 Å². The molecular weight excluding hydrogens is 475 g/mol. The van der Waals surface area contributed by atoms with E-state index in [1.807, 2.05) is 6.07 Å². The second-order valence-electron chi connectivity index (χ2n) is 8.23. The van der Waals surface area contributed by atoms with Gasteiger partial charge in [-0.2, -0.15) is 4.98 Å². The van der Waals surface area contributed by atoms with Gasteiger partial charge in [-0.25, -0.2) is 4.98 Å². The molecule has 176 valence electrons. The van der Waals surface area contributed by atoms with Crippen LogP contribution in [0.1, 0.15) is 21.5 Å². The number of nitrogens with one attached hydrogen (secondary N) is 2. The average molecular weight is 499 g/mol. The molecule has 0 saturated carbocycles. The summed E-state index contributed by atoms with van der Waals surface area (Å²) in [7, 11) is 0. The van der Waals surface area contributed by atoms with Crippen molar-refractivity contribution in [3.63, 3.8) is 0 Å². The number of fused-ring (bicyclic) bond motifs is 1. The van der Waals surface area contributed by atoms with Crippen LogP contribution in [0, 0.1) is 13.8 Å². The smallest absolute Gasteiger partial charge is 0.268 e. The fourth-order valence-electron chi connectivity index (χ4n) is 4.24. The minimum Gasteiger partial charge on any atom is -0.455 e. The van der Waals surface area contributed by atoms with E-state index in [1.165, 1.54) is 22.3 Å². The van der Waals surface area contributed by atoms with Crippen LogP contribution in [0.4, 0.5) is 23.0 Å². The largest absolute Gasteiger partial charge is 0.455 e. The van der Waals surface area contributed by atoms with E-state index in [1.54, 1.807) is 18.2 Å². The molecular formula is C24H24Cl2N6O2. The summed E-state index contributed by atoms with van der Waals surface area (Å²) in [4.78, 5) is 25.7. The molecule has 0 radical (unpaired) electrons. The van der Waals surface area contributed by atoms with Crippen LogP contribution >= 0.6 is 23.2 Å². The summed E-state index contributed by atoms with van der Waals surface area (Å²) < 4.78 is 5.79. The second kappa shape index (κ2) is 9.29. The van der Waals surface area contributed by atoms with Gasteiger partial charge in [0.1, 0.15) is 5.56 Å². The van der Waals surface area contributed by atoms with Crippen molar-refractivity contribution in [3.05, 3.63) is 63.3 Å². The summed E-state index contributed by atoms with van der Waals surface area (Å²) in [6.07, 6.45) is 1.46. The monoisotopic (exact) mass is 498 g/mol. The third-order valence-electron chi connectivity index (χ3n) is 6.23. The number of ether oxygens (including phenoxy) is 1. The van der Waals surface area contributed by atoms with Gasteiger partial charge in [-0.05, 0) is 49.2 Å². The molecule has 1 saturated heterocycles. The van der Waals surface area contributed by atoms with Gasteiger partial charge in [-0.1, -0.05) is 29.3 Å². The Labute approximate surface area is 207 Å². The number of para-hydroxylation sites is 1. The van der Waals surface area contributed by atoms with Gasteiger partial charge in [0.15, 0.2) is 6.73 Å². The van der Waals surface area contributed by atoms with Crippen LogP contribution in [0.5, 0.6) is 5.88 Å². The Bertz CT molecular complexity index is 1240. The van der Waals surface area contributed by atoms with E-state index in [2.05, 4.69) is 45.4 Å². The number of hydrogen-bond donors (Lipinski definition) is 2. The Morgan fingerprint density at radius 2 is 1.79 bits per heavy atom. The van der Waals surface area contributed by atoms with Gasteiger partial charge in [0, 0.05) is 43.8 Å². The van der Waals surface area contributed by atoms with Gasteiger partial charge in [-0.3, -0.25) is 9.69 Å². The number of carbonyl (C=O) groups is 1. The molecule has 2 aliphatic heterocycles. The maximum atomic E-state index is 13.1. The van der Waals surface area contributed by atoms with Crippen LogP contribution in [-0.2, 0) is 0 Å². The summed E-state index contributed by atoms with van der Waals surface area (Å²) in [6, 6.07) is 9.23. The minimum absolute atomic E-state index is 0.0523. The van der Waals surface area contributed by atoms with Gasteiger partial charge < -0.3 is 20.3 Å². The van der Waals surface area contributed by atoms with Crippen LogP contribution < -0.4 is 25.2 Å². The summed E-state index contributed by atoms with van der Waals surface area (Å²) in [5, 5.41) is 7.38. The zero-order chi connectivity index (χ0) is 23.8. The Morgan fingerprint density at radius 1 is 1.06 bits per heavy atom. The molecule has 1 amide bonds. The molecule has 10 heteroatoms. The third kappa shape index (κ3) is 4.13. The molecule has 5 rings (SSSR count). The van der Waals surface area contributed by atoms with Gasteiger partial charge in [-0.15, -0.1) is 0 Å². The Kier molecular flexibility index (Phi) is 6.20. The number of rotatable bonds is 4.